The first-order chi connectivity index (χ1) is 13.4. The van der Waals surface area contributed by atoms with E-state index in [1.54, 1.807) is 12.1 Å². The molecule has 0 saturated carbocycles. The zero-order chi connectivity index (χ0) is 20.1. The lowest BCUT2D eigenvalue weighted by molar-refractivity contribution is -0.132. The summed E-state index contributed by atoms with van der Waals surface area (Å²) in [5.74, 6) is -0.240. The molecule has 0 aliphatic heterocycles. The average molecular weight is 378 g/mol. The minimum Gasteiger partial charge on any atom is -0.345 e. The van der Waals surface area contributed by atoms with E-state index in [0.717, 1.165) is 17.8 Å². The van der Waals surface area contributed by atoms with Gasteiger partial charge in [-0.2, -0.15) is 0 Å². The molecule has 0 fully saturated rings. The first kappa shape index (κ1) is 19.9. The summed E-state index contributed by atoms with van der Waals surface area (Å²) in [5.41, 5.74) is 4.41. The fraction of sp³-hybridized carbons (Fsp3) is 0.292. The molecule has 0 bridgehead atoms. The van der Waals surface area contributed by atoms with Gasteiger partial charge in [0.25, 0.3) is 0 Å². The van der Waals surface area contributed by atoms with Crippen LogP contribution in [-0.2, 0) is 24.3 Å². The van der Waals surface area contributed by atoms with Crippen LogP contribution in [0.4, 0.5) is 4.39 Å². The fourth-order valence-electron chi connectivity index (χ4n) is 3.37. The third kappa shape index (κ3) is 5.10. The van der Waals surface area contributed by atoms with Gasteiger partial charge in [0.2, 0.25) is 5.91 Å². The SMILES string of the molecule is Cc1cccc(Cn2cccc2CN(C(=O)Cc2ccc(F)cc2)C(C)C)c1. The van der Waals surface area contributed by atoms with Gasteiger partial charge < -0.3 is 9.47 Å². The number of carbonyl (C=O) groups excluding carboxylic acids is 1. The highest BCUT2D eigenvalue weighted by molar-refractivity contribution is 5.79. The third-order valence-electron chi connectivity index (χ3n) is 4.90. The molecule has 0 saturated heterocycles. The number of aryl methyl sites for hydroxylation is 1. The van der Waals surface area contributed by atoms with Crippen LogP contribution in [0.2, 0.25) is 0 Å². The summed E-state index contributed by atoms with van der Waals surface area (Å²) < 4.78 is 15.3. The summed E-state index contributed by atoms with van der Waals surface area (Å²) in [6.07, 6.45) is 2.33. The molecular weight excluding hydrogens is 351 g/mol. The van der Waals surface area contributed by atoms with Crippen molar-refractivity contribution in [3.05, 3.63) is 95.1 Å². The second-order valence-electron chi connectivity index (χ2n) is 7.54. The van der Waals surface area contributed by atoms with Crippen molar-refractivity contribution < 1.29 is 9.18 Å². The molecule has 0 unspecified atom stereocenters. The quantitative estimate of drug-likeness (QED) is 0.570. The Hall–Kier alpha value is -2.88. The molecule has 1 amide bonds. The van der Waals surface area contributed by atoms with Crippen LogP contribution in [0.1, 0.15) is 36.2 Å². The molecule has 3 nitrogen and oxygen atoms in total. The van der Waals surface area contributed by atoms with E-state index >= 15 is 0 Å². The Morgan fingerprint density at radius 1 is 1.04 bits per heavy atom. The molecule has 1 aromatic heterocycles. The standard InChI is InChI=1S/C24H27FN2O/c1-18(2)27(24(28)15-20-9-11-22(25)12-10-20)17-23-8-5-13-26(23)16-21-7-4-6-19(3)14-21/h4-14,18H,15-17H2,1-3H3. The number of halogens is 1. The molecule has 3 rings (SSSR count). The predicted octanol–water partition coefficient (Wildman–Crippen LogP) is 4.96. The van der Waals surface area contributed by atoms with E-state index in [-0.39, 0.29) is 24.2 Å². The van der Waals surface area contributed by atoms with Gasteiger partial charge in [0.15, 0.2) is 0 Å². The smallest absolute Gasteiger partial charge is 0.227 e. The van der Waals surface area contributed by atoms with Crippen LogP contribution < -0.4 is 0 Å². The summed E-state index contributed by atoms with van der Waals surface area (Å²) in [7, 11) is 0. The summed E-state index contributed by atoms with van der Waals surface area (Å²) in [4.78, 5) is 14.8. The zero-order valence-corrected chi connectivity index (χ0v) is 16.7. The fourth-order valence-corrected chi connectivity index (χ4v) is 3.37. The van der Waals surface area contributed by atoms with E-state index in [2.05, 4.69) is 48.0 Å². The van der Waals surface area contributed by atoms with Gasteiger partial charge in [0.1, 0.15) is 5.82 Å². The molecule has 0 spiro atoms. The van der Waals surface area contributed by atoms with Crippen molar-refractivity contribution in [3.8, 4) is 0 Å². The molecule has 0 radical (unpaired) electrons. The average Bonchev–Trinajstić information content (AvgIpc) is 3.08. The lowest BCUT2D eigenvalue weighted by Gasteiger charge is -2.27. The van der Waals surface area contributed by atoms with Gasteiger partial charge in [0.05, 0.1) is 13.0 Å². The van der Waals surface area contributed by atoms with Crippen molar-refractivity contribution in [1.82, 2.24) is 9.47 Å². The highest BCUT2D eigenvalue weighted by Gasteiger charge is 2.19. The van der Waals surface area contributed by atoms with Crippen LogP contribution in [0.3, 0.4) is 0 Å². The van der Waals surface area contributed by atoms with Crippen molar-refractivity contribution >= 4 is 5.91 Å². The maximum atomic E-state index is 13.1. The zero-order valence-electron chi connectivity index (χ0n) is 16.7. The number of carbonyl (C=O) groups is 1. The predicted molar refractivity (Wildman–Crippen MR) is 111 cm³/mol. The first-order valence-electron chi connectivity index (χ1n) is 9.66. The van der Waals surface area contributed by atoms with E-state index in [1.165, 1.54) is 23.3 Å². The van der Waals surface area contributed by atoms with Crippen LogP contribution in [0, 0.1) is 12.7 Å². The number of nitrogens with zero attached hydrogens (tertiary/aromatic N) is 2. The number of aromatic nitrogens is 1. The molecule has 0 N–H and O–H groups in total. The first-order valence-corrected chi connectivity index (χ1v) is 9.66. The Balaban J connectivity index is 1.73. The Morgan fingerprint density at radius 3 is 2.46 bits per heavy atom. The van der Waals surface area contributed by atoms with Gasteiger partial charge in [-0.15, -0.1) is 0 Å². The molecule has 0 aliphatic carbocycles. The van der Waals surface area contributed by atoms with Gasteiger partial charge in [-0.25, -0.2) is 4.39 Å². The van der Waals surface area contributed by atoms with Crippen LogP contribution >= 0.6 is 0 Å². The number of hydrogen-bond donors (Lipinski definition) is 0. The normalized spacial score (nSPS) is 11.0. The van der Waals surface area contributed by atoms with Crippen molar-refractivity contribution in [2.45, 2.75) is 46.3 Å². The van der Waals surface area contributed by atoms with E-state index in [4.69, 9.17) is 0 Å². The molecule has 4 heteroatoms. The Bertz CT molecular complexity index is 928. The lowest BCUT2D eigenvalue weighted by atomic mass is 10.1. The molecule has 3 aromatic rings. The summed E-state index contributed by atoms with van der Waals surface area (Å²) in [6, 6.07) is 18.8. The van der Waals surface area contributed by atoms with Crippen LogP contribution in [0.15, 0.2) is 66.9 Å². The third-order valence-corrected chi connectivity index (χ3v) is 4.90. The minimum absolute atomic E-state index is 0.0462. The minimum atomic E-state index is -0.286. The lowest BCUT2D eigenvalue weighted by Crippen LogP contribution is -2.38. The number of rotatable bonds is 7. The topological polar surface area (TPSA) is 25.2 Å². The second-order valence-corrected chi connectivity index (χ2v) is 7.54. The van der Waals surface area contributed by atoms with Crippen molar-refractivity contribution in [2.24, 2.45) is 0 Å². The van der Waals surface area contributed by atoms with Gasteiger partial charge in [0, 0.05) is 24.5 Å². The molecule has 0 atom stereocenters. The summed E-state index contributed by atoms with van der Waals surface area (Å²) in [6.45, 7) is 7.47. The van der Waals surface area contributed by atoms with Crippen molar-refractivity contribution in [3.63, 3.8) is 0 Å². The van der Waals surface area contributed by atoms with E-state index < -0.39 is 0 Å². The van der Waals surface area contributed by atoms with E-state index in [1.807, 2.05) is 24.8 Å². The number of amides is 1. The largest absolute Gasteiger partial charge is 0.345 e. The summed E-state index contributed by atoms with van der Waals surface area (Å²) in [5, 5.41) is 0. The Labute approximate surface area is 166 Å². The molecule has 28 heavy (non-hydrogen) atoms. The highest BCUT2D eigenvalue weighted by atomic mass is 19.1. The number of hydrogen-bond acceptors (Lipinski definition) is 1. The van der Waals surface area contributed by atoms with Crippen molar-refractivity contribution in [1.29, 1.82) is 0 Å². The van der Waals surface area contributed by atoms with E-state index in [0.29, 0.717) is 6.54 Å². The van der Waals surface area contributed by atoms with Gasteiger partial charge in [-0.1, -0.05) is 42.0 Å². The number of benzene rings is 2. The van der Waals surface area contributed by atoms with Crippen LogP contribution in [0.25, 0.3) is 0 Å². The maximum absolute atomic E-state index is 13.1. The monoisotopic (exact) mass is 378 g/mol. The van der Waals surface area contributed by atoms with Crippen LogP contribution in [0.5, 0.6) is 0 Å². The molecule has 146 valence electrons. The second kappa shape index (κ2) is 8.87. The Kier molecular flexibility index (Phi) is 6.30. The molecule has 2 aromatic carbocycles. The van der Waals surface area contributed by atoms with Gasteiger partial charge in [-0.05, 0) is 56.2 Å². The van der Waals surface area contributed by atoms with Crippen molar-refractivity contribution in [2.75, 3.05) is 0 Å². The highest BCUT2D eigenvalue weighted by Crippen LogP contribution is 2.15. The maximum Gasteiger partial charge on any atom is 0.227 e. The molecular formula is C24H27FN2O. The Morgan fingerprint density at radius 2 is 1.79 bits per heavy atom. The van der Waals surface area contributed by atoms with Gasteiger partial charge >= 0.3 is 0 Å². The van der Waals surface area contributed by atoms with Gasteiger partial charge in [-0.3, -0.25) is 4.79 Å². The van der Waals surface area contributed by atoms with Crippen LogP contribution in [-0.4, -0.2) is 21.4 Å². The van der Waals surface area contributed by atoms with E-state index in [9.17, 15) is 9.18 Å². The summed E-state index contributed by atoms with van der Waals surface area (Å²) >= 11 is 0. The molecule has 1 heterocycles. The molecule has 0 aliphatic rings.